The van der Waals surface area contributed by atoms with Gasteiger partial charge in [-0.25, -0.2) is 0 Å². The molecule has 0 bridgehead atoms. The van der Waals surface area contributed by atoms with Crippen molar-refractivity contribution >= 4 is 29.7 Å². The van der Waals surface area contributed by atoms with Crippen LogP contribution in [-0.2, 0) is 13.1 Å². The highest BCUT2D eigenvalue weighted by Crippen LogP contribution is 2.15. The van der Waals surface area contributed by atoms with E-state index in [4.69, 9.17) is 10.2 Å². The molecule has 0 spiro atoms. The van der Waals surface area contributed by atoms with E-state index in [1.165, 1.54) is 11.1 Å². The number of rotatable bonds is 5. The second-order valence-corrected chi connectivity index (χ2v) is 4.94. The number of hydrogen-bond donors (Lipinski definition) is 1. The molecule has 0 unspecified atom stereocenters. The van der Waals surface area contributed by atoms with E-state index in [1.54, 1.807) is 22.3 Å². The fourth-order valence-corrected chi connectivity index (χ4v) is 2.42. The Hall–Kier alpha value is -1.30. The summed E-state index contributed by atoms with van der Waals surface area (Å²) in [6.45, 7) is 3.58. The summed E-state index contributed by atoms with van der Waals surface area (Å²) in [4.78, 5) is 15.2. The van der Waals surface area contributed by atoms with Crippen LogP contribution in [0.5, 0.6) is 0 Å². The quantitative estimate of drug-likeness (QED) is 0.923. The van der Waals surface area contributed by atoms with E-state index in [0.717, 1.165) is 0 Å². The summed E-state index contributed by atoms with van der Waals surface area (Å²) in [7, 11) is 0. The number of carbonyl (C=O) groups is 1. The van der Waals surface area contributed by atoms with Crippen LogP contribution in [0.15, 0.2) is 34.3 Å². The van der Waals surface area contributed by atoms with Crippen LogP contribution in [0.1, 0.15) is 27.9 Å². The number of halogens is 1. The third-order valence-corrected chi connectivity index (χ3v) is 3.56. The van der Waals surface area contributed by atoms with Crippen LogP contribution in [0.2, 0.25) is 0 Å². The molecule has 2 aromatic heterocycles. The topological polar surface area (TPSA) is 59.5 Å². The number of nitrogens with zero attached hydrogens (tertiary/aromatic N) is 1. The molecule has 104 valence electrons. The lowest BCUT2D eigenvalue weighted by Gasteiger charge is -2.19. The van der Waals surface area contributed by atoms with E-state index in [0.29, 0.717) is 31.0 Å². The molecule has 19 heavy (non-hydrogen) atoms. The Balaban J connectivity index is 0.00000180. The summed E-state index contributed by atoms with van der Waals surface area (Å²) in [5.74, 6) is 0.611. The third-order valence-electron chi connectivity index (χ3n) is 2.70. The highest BCUT2D eigenvalue weighted by molar-refractivity contribution is 7.09. The molecule has 0 saturated heterocycles. The van der Waals surface area contributed by atoms with E-state index in [1.807, 2.05) is 24.4 Å². The van der Waals surface area contributed by atoms with Crippen molar-refractivity contribution in [2.24, 2.45) is 5.73 Å². The Morgan fingerprint density at radius 1 is 1.53 bits per heavy atom. The molecule has 0 radical (unpaired) electrons. The molecule has 4 nitrogen and oxygen atoms in total. The van der Waals surface area contributed by atoms with Gasteiger partial charge in [0.25, 0.3) is 5.91 Å². The van der Waals surface area contributed by atoms with Gasteiger partial charge in [0.2, 0.25) is 0 Å². The number of carbonyl (C=O) groups excluding carboxylic acids is 1. The van der Waals surface area contributed by atoms with Gasteiger partial charge in [-0.1, -0.05) is 6.07 Å². The van der Waals surface area contributed by atoms with Crippen molar-refractivity contribution in [3.8, 4) is 0 Å². The maximum Gasteiger partial charge on any atom is 0.257 e. The molecule has 0 saturated carbocycles. The molecular weight excluding hydrogens is 284 g/mol. The molecule has 2 aromatic rings. The monoisotopic (exact) mass is 300 g/mol. The van der Waals surface area contributed by atoms with Crippen molar-refractivity contribution in [2.75, 3.05) is 6.54 Å². The summed E-state index contributed by atoms with van der Waals surface area (Å²) < 4.78 is 5.19. The Morgan fingerprint density at radius 2 is 2.32 bits per heavy atom. The van der Waals surface area contributed by atoms with Gasteiger partial charge in [-0.15, -0.1) is 23.7 Å². The summed E-state index contributed by atoms with van der Waals surface area (Å²) in [5.41, 5.74) is 6.03. The minimum Gasteiger partial charge on any atom is -0.467 e. The number of nitrogens with two attached hydrogens (primary N) is 1. The summed E-state index contributed by atoms with van der Waals surface area (Å²) in [6, 6.07) is 5.73. The fraction of sp³-hybridized carbons (Fsp3) is 0.308. The van der Waals surface area contributed by atoms with E-state index in [2.05, 4.69) is 0 Å². The molecule has 0 atom stereocenters. The third kappa shape index (κ3) is 3.83. The van der Waals surface area contributed by atoms with Gasteiger partial charge >= 0.3 is 0 Å². The highest BCUT2D eigenvalue weighted by atomic mass is 35.5. The predicted octanol–water partition coefficient (Wildman–Crippen LogP) is 2.88. The lowest BCUT2D eigenvalue weighted by molar-refractivity contribution is 0.0753. The molecule has 2 rings (SSSR count). The second kappa shape index (κ2) is 7.33. The first-order valence-corrected chi connectivity index (χ1v) is 6.71. The zero-order chi connectivity index (χ0) is 13.0. The van der Waals surface area contributed by atoms with Crippen LogP contribution in [0.3, 0.4) is 0 Å². The van der Waals surface area contributed by atoms with Gasteiger partial charge in [-0.3, -0.25) is 4.79 Å². The SMILES string of the molecule is CCN(Cc1cccs1)C(=O)c1coc(CN)c1.Cl. The van der Waals surface area contributed by atoms with Gasteiger partial charge in [0.15, 0.2) is 0 Å². The van der Waals surface area contributed by atoms with Crippen molar-refractivity contribution < 1.29 is 9.21 Å². The van der Waals surface area contributed by atoms with Crippen LogP contribution in [0.4, 0.5) is 0 Å². The predicted molar refractivity (Wildman–Crippen MR) is 78.6 cm³/mol. The smallest absolute Gasteiger partial charge is 0.257 e. The van der Waals surface area contributed by atoms with Crippen LogP contribution >= 0.6 is 23.7 Å². The van der Waals surface area contributed by atoms with Crippen molar-refractivity contribution in [2.45, 2.75) is 20.0 Å². The zero-order valence-corrected chi connectivity index (χ0v) is 12.3. The molecule has 2 heterocycles. The zero-order valence-electron chi connectivity index (χ0n) is 10.7. The first-order valence-electron chi connectivity index (χ1n) is 5.83. The minimum absolute atomic E-state index is 0. The number of hydrogen-bond acceptors (Lipinski definition) is 4. The van der Waals surface area contributed by atoms with E-state index in [-0.39, 0.29) is 18.3 Å². The van der Waals surface area contributed by atoms with E-state index >= 15 is 0 Å². The lowest BCUT2D eigenvalue weighted by Crippen LogP contribution is -2.29. The second-order valence-electron chi connectivity index (χ2n) is 3.90. The average Bonchev–Trinajstić information content (AvgIpc) is 3.06. The number of thiophene rings is 1. The summed E-state index contributed by atoms with van der Waals surface area (Å²) in [5, 5.41) is 2.01. The van der Waals surface area contributed by atoms with Crippen LogP contribution < -0.4 is 5.73 Å². The summed E-state index contributed by atoms with van der Waals surface area (Å²) in [6.07, 6.45) is 1.47. The number of amides is 1. The molecule has 1 amide bonds. The average molecular weight is 301 g/mol. The molecule has 6 heteroatoms. The highest BCUT2D eigenvalue weighted by Gasteiger charge is 2.17. The Morgan fingerprint density at radius 3 is 2.84 bits per heavy atom. The van der Waals surface area contributed by atoms with Gasteiger partial charge in [0, 0.05) is 11.4 Å². The molecule has 0 aliphatic rings. The van der Waals surface area contributed by atoms with E-state index in [9.17, 15) is 4.79 Å². The minimum atomic E-state index is -0.0191. The van der Waals surface area contributed by atoms with Crippen molar-refractivity contribution in [1.82, 2.24) is 4.90 Å². The van der Waals surface area contributed by atoms with Crippen molar-refractivity contribution in [3.05, 3.63) is 46.0 Å². The molecular formula is C13H17ClN2O2S. The summed E-state index contributed by atoms with van der Waals surface area (Å²) >= 11 is 1.65. The molecule has 0 fully saturated rings. The van der Waals surface area contributed by atoms with Crippen molar-refractivity contribution in [1.29, 1.82) is 0 Å². The first kappa shape index (κ1) is 15.8. The molecule has 0 aromatic carbocycles. The Kier molecular flexibility index (Phi) is 6.08. The van der Waals surface area contributed by atoms with Crippen molar-refractivity contribution in [3.63, 3.8) is 0 Å². The maximum atomic E-state index is 12.3. The molecule has 0 aliphatic heterocycles. The van der Waals surface area contributed by atoms with Crippen LogP contribution in [-0.4, -0.2) is 17.4 Å². The normalized spacial score (nSPS) is 10.0. The molecule has 0 aliphatic carbocycles. The van der Waals surface area contributed by atoms with E-state index < -0.39 is 0 Å². The van der Waals surface area contributed by atoms with Crippen LogP contribution in [0.25, 0.3) is 0 Å². The van der Waals surface area contributed by atoms with Crippen LogP contribution in [0, 0.1) is 0 Å². The first-order chi connectivity index (χ1) is 8.74. The van der Waals surface area contributed by atoms with Gasteiger partial charge < -0.3 is 15.1 Å². The van der Waals surface area contributed by atoms with Gasteiger partial charge in [-0.05, 0) is 24.4 Å². The fourth-order valence-electron chi connectivity index (χ4n) is 1.70. The molecule has 2 N–H and O–H groups in total. The Labute approximate surface area is 122 Å². The standard InChI is InChI=1S/C13H16N2O2S.ClH/c1-2-15(8-12-4-3-5-18-12)13(16)10-6-11(7-14)17-9-10;/h3-6,9H,2,7-8,14H2,1H3;1H. The van der Waals surface area contributed by atoms with Gasteiger partial charge in [0.1, 0.15) is 12.0 Å². The van der Waals surface area contributed by atoms with Gasteiger partial charge in [0.05, 0.1) is 18.7 Å². The lowest BCUT2D eigenvalue weighted by atomic mass is 10.2. The van der Waals surface area contributed by atoms with Gasteiger partial charge in [-0.2, -0.15) is 0 Å². The largest absolute Gasteiger partial charge is 0.467 e. The Bertz CT molecular complexity index is 510. The maximum absolute atomic E-state index is 12.3. The number of furan rings is 1.